The predicted octanol–water partition coefficient (Wildman–Crippen LogP) is 2.29. The van der Waals surface area contributed by atoms with Gasteiger partial charge in [0, 0.05) is 24.8 Å². The van der Waals surface area contributed by atoms with Gasteiger partial charge in [0.15, 0.2) is 0 Å². The molecule has 1 aromatic carbocycles. The van der Waals surface area contributed by atoms with Gasteiger partial charge in [-0.2, -0.15) is 5.10 Å². The van der Waals surface area contributed by atoms with Gasteiger partial charge in [0.2, 0.25) is 0 Å². The number of aryl methyl sites for hydroxylation is 1. The van der Waals surface area contributed by atoms with E-state index in [1.807, 2.05) is 24.0 Å². The minimum absolute atomic E-state index is 0.401. The Balaban J connectivity index is 1.89. The maximum atomic E-state index is 5.84. The molecule has 3 rings (SSSR count). The van der Waals surface area contributed by atoms with Crippen molar-refractivity contribution >= 4 is 0 Å². The standard InChI is InChI=1S/C14H17N3/c1-17-6-5-14(16-17)11-4-2-3-10(7-11)12-8-13(15)9-12/h2-7,12-13H,8-9,15H2,1H3. The molecule has 0 radical (unpaired) electrons. The molecule has 17 heavy (non-hydrogen) atoms. The highest BCUT2D eigenvalue weighted by Crippen LogP contribution is 2.36. The first-order valence-electron chi connectivity index (χ1n) is 6.08. The lowest BCUT2D eigenvalue weighted by atomic mass is 9.76. The van der Waals surface area contributed by atoms with Gasteiger partial charge in [-0.25, -0.2) is 0 Å². The molecule has 1 saturated carbocycles. The van der Waals surface area contributed by atoms with Crippen molar-refractivity contribution in [2.45, 2.75) is 24.8 Å². The lowest BCUT2D eigenvalue weighted by Gasteiger charge is -2.32. The van der Waals surface area contributed by atoms with E-state index in [2.05, 4.69) is 29.4 Å². The Kier molecular flexibility index (Phi) is 2.48. The van der Waals surface area contributed by atoms with Crippen molar-refractivity contribution in [3.05, 3.63) is 42.1 Å². The smallest absolute Gasteiger partial charge is 0.0923 e. The van der Waals surface area contributed by atoms with E-state index in [1.165, 1.54) is 11.1 Å². The van der Waals surface area contributed by atoms with Crippen LogP contribution in [0.5, 0.6) is 0 Å². The molecule has 1 aromatic heterocycles. The molecule has 2 aromatic rings. The zero-order valence-corrected chi connectivity index (χ0v) is 10.0. The van der Waals surface area contributed by atoms with E-state index in [0.29, 0.717) is 12.0 Å². The van der Waals surface area contributed by atoms with Crippen LogP contribution in [-0.4, -0.2) is 15.8 Å². The topological polar surface area (TPSA) is 43.8 Å². The first kappa shape index (κ1) is 10.5. The number of hydrogen-bond acceptors (Lipinski definition) is 2. The summed E-state index contributed by atoms with van der Waals surface area (Å²) in [5, 5.41) is 4.43. The second-order valence-corrected chi connectivity index (χ2v) is 4.93. The van der Waals surface area contributed by atoms with E-state index < -0.39 is 0 Å². The van der Waals surface area contributed by atoms with Crippen molar-refractivity contribution in [2.24, 2.45) is 12.8 Å². The van der Waals surface area contributed by atoms with Gasteiger partial charge in [0.05, 0.1) is 5.69 Å². The normalized spacial score (nSPS) is 23.4. The molecule has 1 fully saturated rings. The highest BCUT2D eigenvalue weighted by molar-refractivity contribution is 5.59. The largest absolute Gasteiger partial charge is 0.328 e. The molecule has 0 amide bonds. The van der Waals surface area contributed by atoms with Crippen LogP contribution in [0.2, 0.25) is 0 Å². The van der Waals surface area contributed by atoms with E-state index >= 15 is 0 Å². The van der Waals surface area contributed by atoms with Crippen molar-refractivity contribution < 1.29 is 0 Å². The highest BCUT2D eigenvalue weighted by atomic mass is 15.2. The van der Waals surface area contributed by atoms with Crippen molar-refractivity contribution in [2.75, 3.05) is 0 Å². The second-order valence-electron chi connectivity index (χ2n) is 4.93. The van der Waals surface area contributed by atoms with Gasteiger partial charge in [-0.05, 0) is 36.5 Å². The van der Waals surface area contributed by atoms with Gasteiger partial charge in [0.25, 0.3) is 0 Å². The highest BCUT2D eigenvalue weighted by Gasteiger charge is 2.27. The van der Waals surface area contributed by atoms with E-state index in [-0.39, 0.29) is 0 Å². The van der Waals surface area contributed by atoms with E-state index in [4.69, 9.17) is 5.73 Å². The van der Waals surface area contributed by atoms with Crippen molar-refractivity contribution in [1.82, 2.24) is 9.78 Å². The lowest BCUT2D eigenvalue weighted by Crippen LogP contribution is -2.34. The van der Waals surface area contributed by atoms with Crippen LogP contribution >= 0.6 is 0 Å². The van der Waals surface area contributed by atoms with Crippen LogP contribution in [0.4, 0.5) is 0 Å². The van der Waals surface area contributed by atoms with Gasteiger partial charge in [0.1, 0.15) is 0 Å². The molecule has 0 spiro atoms. The molecular formula is C14H17N3. The molecule has 88 valence electrons. The van der Waals surface area contributed by atoms with Gasteiger partial charge in [-0.1, -0.05) is 18.2 Å². The van der Waals surface area contributed by atoms with Gasteiger partial charge in [-0.15, -0.1) is 0 Å². The second kappa shape index (κ2) is 4.00. The van der Waals surface area contributed by atoms with Gasteiger partial charge >= 0.3 is 0 Å². The summed E-state index contributed by atoms with van der Waals surface area (Å²) in [6.45, 7) is 0. The van der Waals surface area contributed by atoms with Crippen molar-refractivity contribution in [1.29, 1.82) is 0 Å². The minimum atomic E-state index is 0.401. The number of benzene rings is 1. The van der Waals surface area contributed by atoms with Crippen LogP contribution in [0.1, 0.15) is 24.3 Å². The van der Waals surface area contributed by atoms with E-state index in [1.54, 1.807) is 0 Å². The summed E-state index contributed by atoms with van der Waals surface area (Å²) in [5.74, 6) is 0.647. The van der Waals surface area contributed by atoms with Crippen LogP contribution in [0, 0.1) is 0 Å². The maximum Gasteiger partial charge on any atom is 0.0923 e. The van der Waals surface area contributed by atoms with Crippen molar-refractivity contribution in [3.63, 3.8) is 0 Å². The molecule has 3 heteroatoms. The molecule has 0 aliphatic heterocycles. The Morgan fingerprint density at radius 1 is 1.29 bits per heavy atom. The SMILES string of the molecule is Cn1ccc(-c2cccc(C3CC(N)C3)c2)n1. The minimum Gasteiger partial charge on any atom is -0.328 e. The number of aromatic nitrogens is 2. The van der Waals surface area contributed by atoms with E-state index in [9.17, 15) is 0 Å². The Morgan fingerprint density at radius 3 is 2.76 bits per heavy atom. The summed E-state index contributed by atoms with van der Waals surface area (Å²) >= 11 is 0. The first-order chi connectivity index (χ1) is 8.22. The molecule has 0 atom stereocenters. The van der Waals surface area contributed by atoms with Crippen LogP contribution in [0.15, 0.2) is 36.5 Å². The summed E-state index contributed by atoms with van der Waals surface area (Å²) in [6, 6.07) is 11.1. The Hall–Kier alpha value is -1.61. The Bertz CT molecular complexity index is 524. The summed E-state index contributed by atoms with van der Waals surface area (Å²) in [6.07, 6.45) is 4.21. The molecule has 0 saturated heterocycles. The number of nitrogens with zero attached hydrogens (tertiary/aromatic N) is 2. The van der Waals surface area contributed by atoms with Crippen LogP contribution < -0.4 is 5.73 Å². The average Bonchev–Trinajstić information content (AvgIpc) is 2.72. The Morgan fingerprint density at radius 2 is 2.12 bits per heavy atom. The van der Waals surface area contributed by atoms with Crippen molar-refractivity contribution in [3.8, 4) is 11.3 Å². The molecule has 1 heterocycles. The number of rotatable bonds is 2. The van der Waals surface area contributed by atoms with Crippen LogP contribution in [0.3, 0.4) is 0 Å². The third-order valence-electron chi connectivity index (χ3n) is 3.54. The molecule has 0 bridgehead atoms. The fraction of sp³-hybridized carbons (Fsp3) is 0.357. The third-order valence-corrected chi connectivity index (χ3v) is 3.54. The van der Waals surface area contributed by atoms with E-state index in [0.717, 1.165) is 18.5 Å². The molecular weight excluding hydrogens is 210 g/mol. The quantitative estimate of drug-likeness (QED) is 0.855. The van der Waals surface area contributed by atoms with Crippen LogP contribution in [-0.2, 0) is 7.05 Å². The summed E-state index contributed by atoms with van der Waals surface area (Å²) in [7, 11) is 1.94. The average molecular weight is 227 g/mol. The summed E-state index contributed by atoms with van der Waals surface area (Å²) in [5.41, 5.74) is 9.48. The molecule has 1 aliphatic carbocycles. The summed E-state index contributed by atoms with van der Waals surface area (Å²) in [4.78, 5) is 0. The first-order valence-corrected chi connectivity index (χ1v) is 6.08. The van der Waals surface area contributed by atoms with Gasteiger partial charge in [-0.3, -0.25) is 4.68 Å². The third kappa shape index (κ3) is 1.98. The molecule has 0 unspecified atom stereocenters. The fourth-order valence-electron chi connectivity index (χ4n) is 2.45. The number of nitrogens with two attached hydrogens (primary N) is 1. The predicted molar refractivity (Wildman–Crippen MR) is 68.6 cm³/mol. The lowest BCUT2D eigenvalue weighted by molar-refractivity contribution is 0.351. The fourth-order valence-corrected chi connectivity index (χ4v) is 2.45. The zero-order valence-electron chi connectivity index (χ0n) is 10.0. The van der Waals surface area contributed by atoms with Gasteiger partial charge < -0.3 is 5.73 Å². The zero-order chi connectivity index (χ0) is 11.8. The Labute approximate surface area is 101 Å². The number of hydrogen-bond donors (Lipinski definition) is 1. The monoisotopic (exact) mass is 227 g/mol. The summed E-state index contributed by atoms with van der Waals surface area (Å²) < 4.78 is 1.83. The molecule has 1 aliphatic rings. The van der Waals surface area contributed by atoms with Crippen LogP contribution in [0.25, 0.3) is 11.3 Å². The maximum absolute atomic E-state index is 5.84. The molecule has 3 nitrogen and oxygen atoms in total. The molecule has 2 N–H and O–H groups in total.